The smallest absolute Gasteiger partial charge is 0.254 e. The molecule has 4 rings (SSSR count). The van der Waals surface area contributed by atoms with Crippen LogP contribution in [-0.2, 0) is 0 Å². The standard InChI is InChI=1S/C24H29N3O/c28-24(23-11-5-4-10-22(23)21-12-13-25-19-21)27-17-15-26(16-18-27)14-6-9-20-7-2-1-3-8-20/h1-11,21,25H,12-19H2. The van der Waals surface area contributed by atoms with Gasteiger partial charge in [0, 0.05) is 44.8 Å². The predicted molar refractivity (Wildman–Crippen MR) is 114 cm³/mol. The molecular formula is C24H29N3O. The lowest BCUT2D eigenvalue weighted by Crippen LogP contribution is -2.48. The van der Waals surface area contributed by atoms with Crippen molar-refractivity contribution in [2.45, 2.75) is 12.3 Å². The van der Waals surface area contributed by atoms with Crippen LogP contribution in [0.15, 0.2) is 60.7 Å². The van der Waals surface area contributed by atoms with E-state index in [1.165, 1.54) is 11.1 Å². The van der Waals surface area contributed by atoms with Crippen molar-refractivity contribution in [1.82, 2.24) is 15.1 Å². The highest BCUT2D eigenvalue weighted by molar-refractivity contribution is 5.96. The number of hydrogen-bond acceptors (Lipinski definition) is 3. The summed E-state index contributed by atoms with van der Waals surface area (Å²) in [5.74, 6) is 0.659. The van der Waals surface area contributed by atoms with Crippen LogP contribution in [-0.4, -0.2) is 61.5 Å². The molecule has 2 aromatic rings. The van der Waals surface area contributed by atoms with Crippen molar-refractivity contribution in [2.24, 2.45) is 0 Å². The minimum atomic E-state index is 0.196. The van der Waals surface area contributed by atoms with E-state index in [9.17, 15) is 4.79 Å². The summed E-state index contributed by atoms with van der Waals surface area (Å²) in [6.45, 7) is 6.41. The van der Waals surface area contributed by atoms with Crippen LogP contribution in [0.2, 0.25) is 0 Å². The Morgan fingerprint density at radius 3 is 2.50 bits per heavy atom. The first-order valence-corrected chi connectivity index (χ1v) is 10.3. The molecule has 0 aromatic heterocycles. The van der Waals surface area contributed by atoms with E-state index in [0.717, 1.165) is 57.8 Å². The largest absolute Gasteiger partial charge is 0.336 e. The van der Waals surface area contributed by atoms with E-state index < -0.39 is 0 Å². The number of nitrogens with one attached hydrogen (secondary N) is 1. The molecule has 146 valence electrons. The number of rotatable bonds is 5. The predicted octanol–water partition coefficient (Wildman–Crippen LogP) is 3.23. The first-order valence-electron chi connectivity index (χ1n) is 10.3. The van der Waals surface area contributed by atoms with Crippen molar-refractivity contribution in [3.8, 4) is 0 Å². The van der Waals surface area contributed by atoms with E-state index in [1.54, 1.807) is 0 Å². The van der Waals surface area contributed by atoms with Crippen LogP contribution in [0.5, 0.6) is 0 Å². The van der Waals surface area contributed by atoms with Crippen LogP contribution in [0.4, 0.5) is 0 Å². The van der Waals surface area contributed by atoms with Gasteiger partial charge in [-0.05, 0) is 36.1 Å². The van der Waals surface area contributed by atoms with Crippen molar-refractivity contribution in [2.75, 3.05) is 45.8 Å². The molecule has 2 aliphatic heterocycles. The van der Waals surface area contributed by atoms with Crippen molar-refractivity contribution in [3.05, 3.63) is 77.4 Å². The molecule has 0 spiro atoms. The lowest BCUT2D eigenvalue weighted by molar-refractivity contribution is 0.0649. The Labute approximate surface area is 167 Å². The molecule has 0 aliphatic carbocycles. The van der Waals surface area contributed by atoms with Gasteiger partial charge < -0.3 is 10.2 Å². The second-order valence-corrected chi connectivity index (χ2v) is 7.68. The highest BCUT2D eigenvalue weighted by atomic mass is 16.2. The first kappa shape index (κ1) is 18.9. The maximum atomic E-state index is 13.2. The quantitative estimate of drug-likeness (QED) is 0.872. The third-order valence-corrected chi connectivity index (χ3v) is 5.82. The summed E-state index contributed by atoms with van der Waals surface area (Å²) in [4.78, 5) is 17.6. The number of benzene rings is 2. The second kappa shape index (κ2) is 9.18. The first-order chi connectivity index (χ1) is 13.8. The average Bonchev–Trinajstić information content (AvgIpc) is 3.29. The lowest BCUT2D eigenvalue weighted by atomic mass is 9.93. The Hall–Kier alpha value is -2.43. The van der Waals surface area contributed by atoms with Gasteiger partial charge in [0.05, 0.1) is 0 Å². The van der Waals surface area contributed by atoms with Crippen molar-refractivity contribution in [3.63, 3.8) is 0 Å². The molecule has 1 N–H and O–H groups in total. The van der Waals surface area contributed by atoms with E-state index in [1.807, 2.05) is 23.1 Å². The maximum Gasteiger partial charge on any atom is 0.254 e. The summed E-state index contributed by atoms with van der Waals surface area (Å²) >= 11 is 0. The molecular weight excluding hydrogens is 346 g/mol. The molecule has 2 aliphatic rings. The van der Waals surface area contributed by atoms with Crippen LogP contribution in [0, 0.1) is 0 Å². The monoisotopic (exact) mass is 375 g/mol. The zero-order valence-corrected chi connectivity index (χ0v) is 16.4. The van der Waals surface area contributed by atoms with Gasteiger partial charge >= 0.3 is 0 Å². The normalized spacial score (nSPS) is 20.7. The fraction of sp³-hybridized carbons (Fsp3) is 0.375. The van der Waals surface area contributed by atoms with Crippen molar-refractivity contribution < 1.29 is 4.79 Å². The van der Waals surface area contributed by atoms with Gasteiger partial charge in [0.2, 0.25) is 0 Å². The molecule has 4 heteroatoms. The van der Waals surface area contributed by atoms with E-state index in [0.29, 0.717) is 5.92 Å². The molecule has 2 aromatic carbocycles. The van der Waals surface area contributed by atoms with Gasteiger partial charge in [-0.25, -0.2) is 0 Å². The van der Waals surface area contributed by atoms with Gasteiger partial charge in [-0.2, -0.15) is 0 Å². The van der Waals surface area contributed by atoms with E-state index in [2.05, 4.69) is 58.8 Å². The van der Waals surface area contributed by atoms with Gasteiger partial charge in [0.1, 0.15) is 0 Å². The zero-order chi connectivity index (χ0) is 19.2. The zero-order valence-electron chi connectivity index (χ0n) is 16.4. The van der Waals surface area contributed by atoms with Crippen molar-refractivity contribution in [1.29, 1.82) is 0 Å². The Bertz CT molecular complexity index is 804. The minimum Gasteiger partial charge on any atom is -0.336 e. The molecule has 2 heterocycles. The summed E-state index contributed by atoms with van der Waals surface area (Å²) in [6.07, 6.45) is 5.50. The molecule has 1 amide bonds. The molecule has 1 atom stereocenters. The van der Waals surface area contributed by atoms with E-state index in [4.69, 9.17) is 0 Å². The highest BCUT2D eigenvalue weighted by Gasteiger charge is 2.26. The minimum absolute atomic E-state index is 0.196. The Kier molecular flexibility index (Phi) is 6.20. The second-order valence-electron chi connectivity index (χ2n) is 7.68. The fourth-order valence-corrected chi connectivity index (χ4v) is 4.17. The molecule has 0 bridgehead atoms. The Morgan fingerprint density at radius 1 is 1.00 bits per heavy atom. The van der Waals surface area contributed by atoms with Gasteiger partial charge in [-0.15, -0.1) is 0 Å². The summed E-state index contributed by atoms with van der Waals surface area (Å²) in [6, 6.07) is 18.6. The summed E-state index contributed by atoms with van der Waals surface area (Å²) in [5, 5.41) is 3.42. The van der Waals surface area contributed by atoms with Crippen LogP contribution >= 0.6 is 0 Å². The Balaban J connectivity index is 1.33. The van der Waals surface area contributed by atoms with Gasteiger partial charge in [-0.1, -0.05) is 60.7 Å². The van der Waals surface area contributed by atoms with Gasteiger partial charge in [0.15, 0.2) is 0 Å². The van der Waals surface area contributed by atoms with E-state index in [-0.39, 0.29) is 5.91 Å². The molecule has 2 saturated heterocycles. The summed E-state index contributed by atoms with van der Waals surface area (Å²) in [5.41, 5.74) is 3.34. The molecule has 28 heavy (non-hydrogen) atoms. The van der Waals surface area contributed by atoms with E-state index >= 15 is 0 Å². The third kappa shape index (κ3) is 4.51. The number of piperazine rings is 1. The number of carbonyl (C=O) groups is 1. The topological polar surface area (TPSA) is 35.6 Å². The van der Waals surface area contributed by atoms with Gasteiger partial charge in [0.25, 0.3) is 5.91 Å². The highest BCUT2D eigenvalue weighted by Crippen LogP contribution is 2.26. The number of amides is 1. The van der Waals surface area contributed by atoms with Gasteiger partial charge in [-0.3, -0.25) is 9.69 Å². The average molecular weight is 376 g/mol. The number of carbonyl (C=O) groups excluding carboxylic acids is 1. The molecule has 2 fully saturated rings. The Morgan fingerprint density at radius 2 is 1.75 bits per heavy atom. The molecule has 4 nitrogen and oxygen atoms in total. The molecule has 0 radical (unpaired) electrons. The van der Waals surface area contributed by atoms with Crippen LogP contribution < -0.4 is 5.32 Å². The SMILES string of the molecule is O=C(c1ccccc1C1CCNC1)N1CCN(CC=Cc2ccccc2)CC1. The molecule has 0 saturated carbocycles. The maximum absolute atomic E-state index is 13.2. The van der Waals surface area contributed by atoms with Crippen molar-refractivity contribution >= 4 is 12.0 Å². The van der Waals surface area contributed by atoms with Crippen LogP contribution in [0.25, 0.3) is 6.08 Å². The summed E-state index contributed by atoms with van der Waals surface area (Å²) in [7, 11) is 0. The molecule has 1 unspecified atom stereocenters. The lowest BCUT2D eigenvalue weighted by Gasteiger charge is -2.34. The number of nitrogens with zero attached hydrogens (tertiary/aromatic N) is 2. The van der Waals surface area contributed by atoms with Crippen LogP contribution in [0.1, 0.15) is 33.8 Å². The number of hydrogen-bond donors (Lipinski definition) is 1. The van der Waals surface area contributed by atoms with Crippen LogP contribution in [0.3, 0.4) is 0 Å². The third-order valence-electron chi connectivity index (χ3n) is 5.82. The fourth-order valence-electron chi connectivity index (χ4n) is 4.17. The summed E-state index contributed by atoms with van der Waals surface area (Å²) < 4.78 is 0.